The average molecular weight is 270 g/mol. The molecule has 2 aliphatic heterocycles. The quantitative estimate of drug-likeness (QED) is 0.793. The zero-order chi connectivity index (χ0) is 13.9. The summed E-state index contributed by atoms with van der Waals surface area (Å²) >= 11 is 0. The lowest BCUT2D eigenvalue weighted by Crippen LogP contribution is -2.52. The molecule has 0 aromatic heterocycles. The second-order valence-electron chi connectivity index (χ2n) is 6.46. The molecule has 1 spiro atoms. The average Bonchev–Trinajstić information content (AvgIpc) is 2.37. The lowest BCUT2D eigenvalue weighted by atomic mass is 9.83. The molecule has 2 rings (SSSR count). The topological polar surface area (TPSA) is 73.6 Å². The van der Waals surface area contributed by atoms with Crippen LogP contribution in [0.25, 0.3) is 0 Å². The summed E-state index contributed by atoms with van der Waals surface area (Å²) in [7, 11) is 0. The summed E-state index contributed by atoms with van der Waals surface area (Å²) in [5, 5.41) is 3.49. The normalized spacial score (nSPS) is 27.4. The summed E-state index contributed by atoms with van der Waals surface area (Å²) in [5.41, 5.74) is 4.89. The van der Waals surface area contributed by atoms with Crippen molar-refractivity contribution in [2.75, 3.05) is 26.4 Å². The van der Waals surface area contributed by atoms with Crippen molar-refractivity contribution in [2.45, 2.75) is 51.2 Å². The fourth-order valence-corrected chi connectivity index (χ4v) is 2.78. The SMILES string of the molecule is CC(C)(CNC1CCOC2(CCOCC2)C1)C(N)=O. The van der Waals surface area contributed by atoms with Crippen LogP contribution in [-0.4, -0.2) is 43.9 Å². The molecule has 1 amide bonds. The summed E-state index contributed by atoms with van der Waals surface area (Å²) < 4.78 is 11.4. The molecule has 0 bridgehead atoms. The van der Waals surface area contributed by atoms with E-state index in [0.717, 1.165) is 45.5 Å². The van der Waals surface area contributed by atoms with Crippen molar-refractivity contribution in [1.29, 1.82) is 0 Å². The van der Waals surface area contributed by atoms with Crippen LogP contribution in [0.3, 0.4) is 0 Å². The highest BCUT2D eigenvalue weighted by Crippen LogP contribution is 2.34. The molecule has 0 saturated carbocycles. The maximum absolute atomic E-state index is 11.3. The Hall–Kier alpha value is -0.650. The highest BCUT2D eigenvalue weighted by molar-refractivity contribution is 5.80. The van der Waals surface area contributed by atoms with Crippen molar-refractivity contribution in [3.63, 3.8) is 0 Å². The number of nitrogens with two attached hydrogens (primary N) is 1. The molecule has 0 aromatic carbocycles. The van der Waals surface area contributed by atoms with E-state index < -0.39 is 5.41 Å². The van der Waals surface area contributed by atoms with Crippen LogP contribution in [0.4, 0.5) is 0 Å². The Morgan fingerprint density at radius 1 is 1.37 bits per heavy atom. The van der Waals surface area contributed by atoms with E-state index in [-0.39, 0.29) is 11.5 Å². The van der Waals surface area contributed by atoms with Crippen LogP contribution in [0.2, 0.25) is 0 Å². The molecule has 5 nitrogen and oxygen atoms in total. The van der Waals surface area contributed by atoms with Crippen molar-refractivity contribution >= 4 is 5.91 Å². The Labute approximate surface area is 115 Å². The number of carbonyl (C=O) groups excluding carboxylic acids is 1. The molecule has 2 heterocycles. The molecule has 1 unspecified atom stereocenters. The monoisotopic (exact) mass is 270 g/mol. The lowest BCUT2D eigenvalue weighted by molar-refractivity contribution is -0.141. The largest absolute Gasteiger partial charge is 0.381 e. The molecule has 19 heavy (non-hydrogen) atoms. The Morgan fingerprint density at radius 2 is 2.05 bits per heavy atom. The third-order valence-electron chi connectivity index (χ3n) is 4.40. The van der Waals surface area contributed by atoms with Gasteiger partial charge in [-0.15, -0.1) is 0 Å². The number of ether oxygens (including phenoxy) is 2. The molecule has 0 radical (unpaired) electrons. The molecule has 0 aliphatic carbocycles. The van der Waals surface area contributed by atoms with Gasteiger partial charge >= 0.3 is 0 Å². The first-order chi connectivity index (χ1) is 8.94. The molecule has 1 atom stereocenters. The first-order valence-corrected chi connectivity index (χ1v) is 7.19. The van der Waals surface area contributed by atoms with Crippen LogP contribution in [0.15, 0.2) is 0 Å². The number of amides is 1. The van der Waals surface area contributed by atoms with Crippen LogP contribution >= 0.6 is 0 Å². The van der Waals surface area contributed by atoms with E-state index in [1.165, 1.54) is 0 Å². The van der Waals surface area contributed by atoms with E-state index in [1.54, 1.807) is 0 Å². The van der Waals surface area contributed by atoms with E-state index in [4.69, 9.17) is 15.2 Å². The molecule has 2 aliphatic rings. The summed E-state index contributed by atoms with van der Waals surface area (Å²) in [6.45, 7) is 6.75. The van der Waals surface area contributed by atoms with Crippen molar-refractivity contribution in [3.05, 3.63) is 0 Å². The Kier molecular flexibility index (Phi) is 4.48. The first-order valence-electron chi connectivity index (χ1n) is 7.19. The van der Waals surface area contributed by atoms with Gasteiger partial charge in [-0.1, -0.05) is 0 Å². The minimum absolute atomic E-state index is 0.00890. The van der Waals surface area contributed by atoms with E-state index >= 15 is 0 Å². The minimum atomic E-state index is -0.499. The van der Waals surface area contributed by atoms with Gasteiger partial charge in [0, 0.05) is 32.4 Å². The van der Waals surface area contributed by atoms with Crippen molar-refractivity contribution in [2.24, 2.45) is 11.1 Å². The van der Waals surface area contributed by atoms with E-state index in [0.29, 0.717) is 12.6 Å². The highest BCUT2D eigenvalue weighted by Gasteiger charge is 2.39. The lowest BCUT2D eigenvalue weighted by Gasteiger charge is -2.44. The van der Waals surface area contributed by atoms with Crippen LogP contribution in [0, 0.1) is 5.41 Å². The fourth-order valence-electron chi connectivity index (χ4n) is 2.78. The van der Waals surface area contributed by atoms with Crippen LogP contribution in [0.5, 0.6) is 0 Å². The van der Waals surface area contributed by atoms with Gasteiger partial charge in [0.05, 0.1) is 11.0 Å². The third kappa shape index (κ3) is 3.68. The van der Waals surface area contributed by atoms with Crippen molar-refractivity contribution < 1.29 is 14.3 Å². The molecule has 110 valence electrons. The van der Waals surface area contributed by atoms with Gasteiger partial charge in [0.15, 0.2) is 0 Å². The number of primary amides is 1. The van der Waals surface area contributed by atoms with Gasteiger partial charge in [-0.05, 0) is 39.5 Å². The second-order valence-corrected chi connectivity index (χ2v) is 6.46. The number of rotatable bonds is 4. The predicted molar refractivity (Wildman–Crippen MR) is 72.7 cm³/mol. The minimum Gasteiger partial charge on any atom is -0.381 e. The van der Waals surface area contributed by atoms with Crippen molar-refractivity contribution in [3.8, 4) is 0 Å². The maximum atomic E-state index is 11.3. The second kappa shape index (κ2) is 5.77. The Morgan fingerprint density at radius 3 is 2.68 bits per heavy atom. The Balaban J connectivity index is 1.86. The van der Waals surface area contributed by atoms with Crippen LogP contribution in [-0.2, 0) is 14.3 Å². The molecular weight excluding hydrogens is 244 g/mol. The van der Waals surface area contributed by atoms with Gasteiger partial charge in [-0.2, -0.15) is 0 Å². The highest BCUT2D eigenvalue weighted by atomic mass is 16.5. The molecule has 3 N–H and O–H groups in total. The number of hydrogen-bond donors (Lipinski definition) is 2. The smallest absolute Gasteiger partial charge is 0.224 e. The summed E-state index contributed by atoms with van der Waals surface area (Å²) in [4.78, 5) is 11.3. The number of hydrogen-bond acceptors (Lipinski definition) is 4. The van der Waals surface area contributed by atoms with E-state index in [1.807, 2.05) is 13.8 Å². The van der Waals surface area contributed by atoms with Gasteiger partial charge in [0.25, 0.3) is 0 Å². The summed E-state index contributed by atoms with van der Waals surface area (Å²) in [6.07, 6.45) is 3.96. The maximum Gasteiger partial charge on any atom is 0.224 e. The van der Waals surface area contributed by atoms with Crippen LogP contribution in [0.1, 0.15) is 39.5 Å². The first kappa shape index (κ1) is 14.8. The number of nitrogens with one attached hydrogen (secondary N) is 1. The Bertz CT molecular complexity index is 319. The van der Waals surface area contributed by atoms with Gasteiger partial charge in [0.1, 0.15) is 0 Å². The van der Waals surface area contributed by atoms with Gasteiger partial charge in [-0.3, -0.25) is 4.79 Å². The zero-order valence-electron chi connectivity index (χ0n) is 12.0. The van der Waals surface area contributed by atoms with Gasteiger partial charge in [-0.25, -0.2) is 0 Å². The predicted octanol–water partition coefficient (Wildman–Crippen LogP) is 0.816. The zero-order valence-corrected chi connectivity index (χ0v) is 12.0. The van der Waals surface area contributed by atoms with Crippen LogP contribution < -0.4 is 11.1 Å². The van der Waals surface area contributed by atoms with Gasteiger partial charge in [0.2, 0.25) is 5.91 Å². The standard InChI is InChI=1S/C14H26N2O3/c1-13(2,12(15)17)10-16-11-3-6-19-14(9-11)4-7-18-8-5-14/h11,16H,3-10H2,1-2H3,(H2,15,17). The van der Waals surface area contributed by atoms with Crippen molar-refractivity contribution in [1.82, 2.24) is 5.32 Å². The molecular formula is C14H26N2O3. The molecule has 2 saturated heterocycles. The van der Waals surface area contributed by atoms with Gasteiger partial charge < -0.3 is 20.5 Å². The molecule has 5 heteroatoms. The molecule has 0 aromatic rings. The third-order valence-corrected chi connectivity index (χ3v) is 4.40. The summed E-state index contributed by atoms with van der Waals surface area (Å²) in [5.74, 6) is -0.257. The summed E-state index contributed by atoms with van der Waals surface area (Å²) in [6, 6.07) is 0.408. The fraction of sp³-hybridized carbons (Fsp3) is 0.929. The van der Waals surface area contributed by atoms with E-state index in [2.05, 4.69) is 5.32 Å². The molecule has 2 fully saturated rings. The number of carbonyl (C=O) groups is 1. The van der Waals surface area contributed by atoms with E-state index in [9.17, 15) is 4.79 Å².